The van der Waals surface area contributed by atoms with E-state index in [1.807, 2.05) is 12.1 Å². The van der Waals surface area contributed by atoms with Crippen LogP contribution in [0.15, 0.2) is 60.7 Å². The van der Waals surface area contributed by atoms with Crippen LogP contribution >= 0.6 is 0 Å². The summed E-state index contributed by atoms with van der Waals surface area (Å²) in [5.74, 6) is 0.423. The molecule has 98 valence electrons. The highest BCUT2D eigenvalue weighted by molar-refractivity contribution is 5.50. The van der Waals surface area contributed by atoms with E-state index in [4.69, 9.17) is 0 Å². The summed E-state index contributed by atoms with van der Waals surface area (Å²) in [6, 6.07) is 21.1. The number of aliphatic hydroxyl groups is 1. The number of aliphatic hydroxyl groups excluding tert-OH is 1. The zero-order valence-corrected chi connectivity index (χ0v) is 10.9. The lowest BCUT2D eigenvalue weighted by molar-refractivity contribution is 0.257. The molecule has 0 unspecified atom stereocenters. The largest absolute Gasteiger partial charge is 0.394 e. The van der Waals surface area contributed by atoms with Crippen LogP contribution in [-0.4, -0.2) is 24.3 Å². The van der Waals surface area contributed by atoms with E-state index < -0.39 is 0 Å². The van der Waals surface area contributed by atoms with Gasteiger partial charge >= 0.3 is 0 Å². The highest BCUT2D eigenvalue weighted by atomic mass is 16.3. The molecule has 0 bridgehead atoms. The van der Waals surface area contributed by atoms with Gasteiger partial charge < -0.3 is 10.0 Å². The van der Waals surface area contributed by atoms with Crippen LogP contribution in [0, 0.1) is 0 Å². The maximum Gasteiger partial charge on any atom is 0.0641 e. The van der Waals surface area contributed by atoms with Gasteiger partial charge in [-0.05, 0) is 24.1 Å². The molecule has 0 aromatic heterocycles. The van der Waals surface area contributed by atoms with Crippen LogP contribution in [0.5, 0.6) is 0 Å². The van der Waals surface area contributed by atoms with Crippen molar-refractivity contribution >= 4 is 5.69 Å². The van der Waals surface area contributed by atoms with Crippen molar-refractivity contribution in [1.82, 2.24) is 0 Å². The minimum absolute atomic E-state index is 0.185. The molecule has 0 radical (unpaired) electrons. The van der Waals surface area contributed by atoms with Crippen molar-refractivity contribution in [1.29, 1.82) is 0 Å². The Hall–Kier alpha value is -1.80. The van der Waals surface area contributed by atoms with Gasteiger partial charge in [0.15, 0.2) is 0 Å². The molecule has 1 N–H and O–H groups in total. The minimum Gasteiger partial charge on any atom is -0.394 e. The van der Waals surface area contributed by atoms with Crippen LogP contribution in [0.25, 0.3) is 0 Å². The molecule has 1 aliphatic rings. The molecule has 2 heteroatoms. The lowest BCUT2D eigenvalue weighted by Crippen LogP contribution is -2.35. The number of rotatable bonds is 3. The summed E-state index contributed by atoms with van der Waals surface area (Å²) in [7, 11) is 0. The van der Waals surface area contributed by atoms with Gasteiger partial charge in [0, 0.05) is 18.2 Å². The van der Waals surface area contributed by atoms with E-state index in [1.165, 1.54) is 11.3 Å². The van der Waals surface area contributed by atoms with E-state index in [9.17, 15) is 5.11 Å². The summed E-state index contributed by atoms with van der Waals surface area (Å²) in [5.41, 5.74) is 2.54. The fourth-order valence-electron chi connectivity index (χ4n) is 3.11. The maximum absolute atomic E-state index is 9.79. The molecule has 1 saturated heterocycles. The summed E-state index contributed by atoms with van der Waals surface area (Å²) < 4.78 is 0. The molecule has 1 heterocycles. The molecule has 0 aliphatic carbocycles. The van der Waals surface area contributed by atoms with E-state index in [-0.39, 0.29) is 12.6 Å². The topological polar surface area (TPSA) is 23.5 Å². The Morgan fingerprint density at radius 3 is 2.21 bits per heavy atom. The Morgan fingerprint density at radius 2 is 1.58 bits per heavy atom. The van der Waals surface area contributed by atoms with Crippen LogP contribution < -0.4 is 4.90 Å². The molecule has 2 aromatic rings. The first-order valence-electron chi connectivity index (χ1n) is 6.87. The van der Waals surface area contributed by atoms with Gasteiger partial charge in [0.1, 0.15) is 0 Å². The number of para-hydroxylation sites is 1. The Balaban J connectivity index is 1.87. The lowest BCUT2D eigenvalue weighted by Gasteiger charge is -2.28. The van der Waals surface area contributed by atoms with Crippen molar-refractivity contribution in [3.63, 3.8) is 0 Å². The number of hydrogen-bond donors (Lipinski definition) is 1. The van der Waals surface area contributed by atoms with Gasteiger partial charge in [-0.1, -0.05) is 48.5 Å². The summed E-state index contributed by atoms with van der Waals surface area (Å²) in [6.45, 7) is 1.21. The van der Waals surface area contributed by atoms with Gasteiger partial charge in [0.25, 0.3) is 0 Å². The zero-order chi connectivity index (χ0) is 13.1. The number of benzene rings is 2. The first kappa shape index (κ1) is 12.2. The second-order valence-electron chi connectivity index (χ2n) is 5.08. The van der Waals surface area contributed by atoms with Crippen molar-refractivity contribution in [3.8, 4) is 0 Å². The van der Waals surface area contributed by atoms with E-state index in [0.717, 1.165) is 13.0 Å². The van der Waals surface area contributed by atoms with Crippen molar-refractivity contribution in [2.24, 2.45) is 0 Å². The lowest BCUT2D eigenvalue weighted by atomic mass is 9.92. The minimum atomic E-state index is 0.185. The summed E-state index contributed by atoms with van der Waals surface area (Å²) in [4.78, 5) is 2.33. The molecule has 2 atom stereocenters. The van der Waals surface area contributed by atoms with Crippen molar-refractivity contribution in [2.45, 2.75) is 18.4 Å². The number of anilines is 1. The fraction of sp³-hybridized carbons (Fsp3) is 0.294. The van der Waals surface area contributed by atoms with Crippen LogP contribution in [0.1, 0.15) is 17.9 Å². The average Bonchev–Trinajstić information content (AvgIpc) is 2.93. The average molecular weight is 253 g/mol. The Kier molecular flexibility index (Phi) is 3.51. The molecule has 2 nitrogen and oxygen atoms in total. The highest BCUT2D eigenvalue weighted by Crippen LogP contribution is 2.36. The molecule has 0 spiro atoms. The quantitative estimate of drug-likeness (QED) is 0.909. The van der Waals surface area contributed by atoms with E-state index in [1.54, 1.807) is 0 Å². The van der Waals surface area contributed by atoms with Crippen LogP contribution in [0.3, 0.4) is 0 Å². The number of hydrogen-bond acceptors (Lipinski definition) is 2. The first-order chi connectivity index (χ1) is 9.40. The first-order valence-corrected chi connectivity index (χ1v) is 6.87. The van der Waals surface area contributed by atoms with E-state index in [0.29, 0.717) is 5.92 Å². The van der Waals surface area contributed by atoms with Gasteiger partial charge in [-0.2, -0.15) is 0 Å². The molecule has 0 amide bonds. The molecule has 3 rings (SSSR count). The van der Waals surface area contributed by atoms with E-state index in [2.05, 4.69) is 53.4 Å². The Bertz CT molecular complexity index is 464. The van der Waals surface area contributed by atoms with E-state index >= 15 is 0 Å². The maximum atomic E-state index is 9.79. The normalized spacial score (nSPS) is 22.7. The smallest absolute Gasteiger partial charge is 0.0641 e. The summed E-state index contributed by atoms with van der Waals surface area (Å²) in [6.07, 6.45) is 1.10. The fourth-order valence-corrected chi connectivity index (χ4v) is 3.11. The second-order valence-corrected chi connectivity index (χ2v) is 5.08. The third-order valence-corrected chi connectivity index (χ3v) is 4.05. The van der Waals surface area contributed by atoms with Crippen molar-refractivity contribution in [2.75, 3.05) is 18.1 Å². The SMILES string of the molecule is OC[C@H]1[C@H](c2ccccc2)CCN1c1ccccc1. The predicted octanol–water partition coefficient (Wildman–Crippen LogP) is 3.04. The highest BCUT2D eigenvalue weighted by Gasteiger charge is 2.34. The Morgan fingerprint density at radius 1 is 0.947 bits per heavy atom. The van der Waals surface area contributed by atoms with Gasteiger partial charge in [-0.15, -0.1) is 0 Å². The second kappa shape index (κ2) is 5.45. The standard InChI is InChI=1S/C17H19NO/c19-13-17-16(14-7-3-1-4-8-14)11-12-18(17)15-9-5-2-6-10-15/h1-10,16-17,19H,11-13H2/t16-,17-/m0/s1. The summed E-state index contributed by atoms with van der Waals surface area (Å²) >= 11 is 0. The van der Waals surface area contributed by atoms with Gasteiger partial charge in [-0.3, -0.25) is 0 Å². The van der Waals surface area contributed by atoms with Crippen molar-refractivity contribution < 1.29 is 5.11 Å². The summed E-state index contributed by atoms with van der Waals surface area (Å²) in [5, 5.41) is 9.79. The third-order valence-electron chi connectivity index (χ3n) is 4.05. The van der Waals surface area contributed by atoms with Crippen LogP contribution in [0.4, 0.5) is 5.69 Å². The van der Waals surface area contributed by atoms with Gasteiger partial charge in [-0.25, -0.2) is 0 Å². The van der Waals surface area contributed by atoms with Crippen molar-refractivity contribution in [3.05, 3.63) is 66.2 Å². The number of nitrogens with zero attached hydrogens (tertiary/aromatic N) is 1. The van der Waals surface area contributed by atoms with Gasteiger partial charge in [0.2, 0.25) is 0 Å². The third kappa shape index (κ3) is 2.36. The molecule has 0 saturated carbocycles. The molecular weight excluding hydrogens is 234 g/mol. The predicted molar refractivity (Wildman–Crippen MR) is 78.5 cm³/mol. The molecular formula is C17H19NO. The monoisotopic (exact) mass is 253 g/mol. The molecule has 2 aromatic carbocycles. The van der Waals surface area contributed by atoms with Crippen LogP contribution in [-0.2, 0) is 0 Å². The van der Waals surface area contributed by atoms with Crippen LogP contribution in [0.2, 0.25) is 0 Å². The molecule has 1 fully saturated rings. The molecule has 19 heavy (non-hydrogen) atoms. The molecule has 1 aliphatic heterocycles. The zero-order valence-electron chi connectivity index (χ0n) is 10.9. The Labute approximate surface area is 114 Å². The van der Waals surface area contributed by atoms with Gasteiger partial charge in [0.05, 0.1) is 12.6 Å².